The summed E-state index contributed by atoms with van der Waals surface area (Å²) in [7, 11) is 0. The molecule has 14 heavy (non-hydrogen) atoms. The quantitative estimate of drug-likeness (QED) is 0.564. The highest BCUT2D eigenvalue weighted by molar-refractivity contribution is 8.00. The highest BCUT2D eigenvalue weighted by atomic mass is 32.2. The molecule has 0 aliphatic heterocycles. The Morgan fingerprint density at radius 2 is 2.14 bits per heavy atom. The lowest BCUT2D eigenvalue weighted by molar-refractivity contribution is -0.136. The van der Waals surface area contributed by atoms with Gasteiger partial charge in [0.2, 0.25) is 0 Å². The molecule has 0 saturated carbocycles. The minimum Gasteiger partial charge on any atom is -0.480 e. The maximum atomic E-state index is 10.7. The number of rotatable bonds is 8. The van der Waals surface area contributed by atoms with Crippen molar-refractivity contribution in [2.24, 2.45) is 0 Å². The van der Waals surface area contributed by atoms with Crippen molar-refractivity contribution in [2.75, 3.05) is 12.4 Å². The van der Waals surface area contributed by atoms with E-state index in [1.54, 1.807) is 0 Å². The van der Waals surface area contributed by atoms with Crippen molar-refractivity contribution in [2.45, 2.75) is 37.5 Å². The SMILES string of the molecule is CCCCC(SCC(O)CO)C(=O)O. The largest absolute Gasteiger partial charge is 0.480 e. The van der Waals surface area contributed by atoms with Gasteiger partial charge in [0, 0.05) is 5.75 Å². The van der Waals surface area contributed by atoms with E-state index in [0.717, 1.165) is 12.8 Å². The van der Waals surface area contributed by atoms with Crippen LogP contribution in [0.3, 0.4) is 0 Å². The van der Waals surface area contributed by atoms with Crippen LogP contribution in [0.15, 0.2) is 0 Å². The van der Waals surface area contributed by atoms with Crippen molar-refractivity contribution in [3.63, 3.8) is 0 Å². The Labute approximate surface area is 88.3 Å². The van der Waals surface area contributed by atoms with Gasteiger partial charge >= 0.3 is 5.97 Å². The molecule has 0 aromatic carbocycles. The van der Waals surface area contributed by atoms with Gasteiger partial charge in [-0.05, 0) is 6.42 Å². The summed E-state index contributed by atoms with van der Waals surface area (Å²) >= 11 is 1.19. The molecule has 2 atom stereocenters. The third-order valence-corrected chi connectivity index (χ3v) is 3.21. The van der Waals surface area contributed by atoms with Crippen LogP contribution in [0.4, 0.5) is 0 Å². The van der Waals surface area contributed by atoms with E-state index in [2.05, 4.69) is 0 Å². The molecule has 0 aromatic heterocycles. The van der Waals surface area contributed by atoms with E-state index >= 15 is 0 Å². The summed E-state index contributed by atoms with van der Waals surface area (Å²) < 4.78 is 0. The van der Waals surface area contributed by atoms with Crippen molar-refractivity contribution in [1.82, 2.24) is 0 Å². The van der Waals surface area contributed by atoms with Gasteiger partial charge in [-0.1, -0.05) is 19.8 Å². The average molecular weight is 222 g/mol. The fraction of sp³-hybridized carbons (Fsp3) is 0.889. The number of aliphatic carboxylic acids is 1. The Hall–Kier alpha value is -0.260. The zero-order valence-electron chi connectivity index (χ0n) is 8.35. The van der Waals surface area contributed by atoms with Gasteiger partial charge in [-0.15, -0.1) is 11.8 Å². The molecule has 0 saturated heterocycles. The molecule has 0 heterocycles. The smallest absolute Gasteiger partial charge is 0.316 e. The average Bonchev–Trinajstić information content (AvgIpc) is 2.16. The maximum absolute atomic E-state index is 10.7. The summed E-state index contributed by atoms with van der Waals surface area (Å²) in [6.45, 7) is 1.69. The Balaban J connectivity index is 3.79. The van der Waals surface area contributed by atoms with Gasteiger partial charge in [0.1, 0.15) is 5.25 Å². The van der Waals surface area contributed by atoms with Gasteiger partial charge in [-0.2, -0.15) is 0 Å². The molecule has 4 nitrogen and oxygen atoms in total. The molecule has 3 N–H and O–H groups in total. The molecule has 0 aromatic rings. The zero-order chi connectivity index (χ0) is 11.0. The van der Waals surface area contributed by atoms with E-state index in [1.165, 1.54) is 11.8 Å². The summed E-state index contributed by atoms with van der Waals surface area (Å²) in [4.78, 5) is 10.7. The van der Waals surface area contributed by atoms with Crippen LogP contribution in [0, 0.1) is 0 Å². The molecule has 5 heteroatoms. The predicted octanol–water partition coefficient (Wildman–Crippen LogP) is 0.716. The van der Waals surface area contributed by atoms with Crippen LogP contribution in [-0.4, -0.2) is 45.0 Å². The van der Waals surface area contributed by atoms with E-state index in [1.807, 2.05) is 6.92 Å². The van der Waals surface area contributed by atoms with Gasteiger partial charge in [0.05, 0.1) is 12.7 Å². The van der Waals surface area contributed by atoms with E-state index in [0.29, 0.717) is 6.42 Å². The minimum absolute atomic E-state index is 0.275. The molecule has 2 unspecified atom stereocenters. The molecule has 0 spiro atoms. The highest BCUT2D eigenvalue weighted by Gasteiger charge is 2.18. The summed E-state index contributed by atoms with van der Waals surface area (Å²) in [6.07, 6.45) is 1.64. The number of thioether (sulfide) groups is 1. The fourth-order valence-electron chi connectivity index (χ4n) is 0.948. The van der Waals surface area contributed by atoms with Crippen LogP contribution in [0.5, 0.6) is 0 Å². The molecule has 0 aliphatic carbocycles. The number of aliphatic hydroxyl groups is 2. The number of aliphatic hydroxyl groups excluding tert-OH is 2. The summed E-state index contributed by atoms with van der Waals surface area (Å²) in [5.41, 5.74) is 0. The van der Waals surface area contributed by atoms with Crippen molar-refractivity contribution in [3.05, 3.63) is 0 Å². The second kappa shape index (κ2) is 8.08. The molecule has 0 aliphatic rings. The van der Waals surface area contributed by atoms with Crippen LogP contribution in [-0.2, 0) is 4.79 Å². The molecule has 0 bridgehead atoms. The van der Waals surface area contributed by atoms with Gasteiger partial charge in [0.25, 0.3) is 0 Å². The van der Waals surface area contributed by atoms with Crippen molar-refractivity contribution in [1.29, 1.82) is 0 Å². The first-order valence-corrected chi connectivity index (χ1v) is 5.80. The van der Waals surface area contributed by atoms with Crippen molar-refractivity contribution < 1.29 is 20.1 Å². The third-order valence-electron chi connectivity index (χ3n) is 1.80. The Bertz CT molecular complexity index is 163. The van der Waals surface area contributed by atoms with E-state index in [4.69, 9.17) is 15.3 Å². The van der Waals surface area contributed by atoms with Crippen LogP contribution < -0.4 is 0 Å². The topological polar surface area (TPSA) is 77.8 Å². The number of hydrogen-bond acceptors (Lipinski definition) is 4. The Morgan fingerprint density at radius 3 is 2.57 bits per heavy atom. The second-order valence-electron chi connectivity index (χ2n) is 3.14. The maximum Gasteiger partial charge on any atom is 0.316 e. The summed E-state index contributed by atoms with van der Waals surface area (Å²) in [6, 6.07) is 0. The third kappa shape index (κ3) is 6.23. The summed E-state index contributed by atoms with van der Waals surface area (Å²) in [5.74, 6) is -0.564. The second-order valence-corrected chi connectivity index (χ2v) is 4.37. The molecule has 0 fully saturated rings. The van der Waals surface area contributed by atoms with Crippen LogP contribution in [0.25, 0.3) is 0 Å². The predicted molar refractivity (Wildman–Crippen MR) is 56.5 cm³/mol. The lowest BCUT2D eigenvalue weighted by Gasteiger charge is -2.13. The molecule has 84 valence electrons. The number of unbranched alkanes of at least 4 members (excludes halogenated alkanes) is 1. The normalized spacial score (nSPS) is 15.1. The Kier molecular flexibility index (Phi) is 7.93. The van der Waals surface area contributed by atoms with Crippen LogP contribution in [0.1, 0.15) is 26.2 Å². The van der Waals surface area contributed by atoms with Crippen LogP contribution in [0.2, 0.25) is 0 Å². The first-order chi connectivity index (χ1) is 6.61. The van der Waals surface area contributed by atoms with Gasteiger partial charge in [0.15, 0.2) is 0 Å². The van der Waals surface area contributed by atoms with E-state index in [9.17, 15) is 4.79 Å². The van der Waals surface area contributed by atoms with E-state index < -0.39 is 17.3 Å². The number of carbonyl (C=O) groups is 1. The number of carboxylic acid groups (broad SMARTS) is 1. The molecule has 0 rings (SSSR count). The minimum atomic E-state index is -0.839. The van der Waals surface area contributed by atoms with Gasteiger partial charge < -0.3 is 15.3 Å². The van der Waals surface area contributed by atoms with Gasteiger partial charge in [-0.3, -0.25) is 4.79 Å². The molecular formula is C9H18O4S. The standard InChI is InChI=1S/C9H18O4S/c1-2-3-4-8(9(12)13)14-6-7(11)5-10/h7-8,10-11H,2-6H2,1H3,(H,12,13). The van der Waals surface area contributed by atoms with Crippen LogP contribution >= 0.6 is 11.8 Å². The monoisotopic (exact) mass is 222 g/mol. The highest BCUT2D eigenvalue weighted by Crippen LogP contribution is 2.18. The number of hydrogen-bond donors (Lipinski definition) is 3. The molecule has 0 radical (unpaired) electrons. The van der Waals surface area contributed by atoms with Gasteiger partial charge in [-0.25, -0.2) is 0 Å². The fourth-order valence-corrected chi connectivity index (χ4v) is 1.98. The van der Waals surface area contributed by atoms with Crippen molar-refractivity contribution >= 4 is 17.7 Å². The first kappa shape index (κ1) is 13.7. The van der Waals surface area contributed by atoms with E-state index in [-0.39, 0.29) is 12.4 Å². The first-order valence-electron chi connectivity index (χ1n) is 4.75. The zero-order valence-corrected chi connectivity index (χ0v) is 9.16. The lowest BCUT2D eigenvalue weighted by atomic mass is 10.2. The molecular weight excluding hydrogens is 204 g/mol. The number of carboxylic acids is 1. The Morgan fingerprint density at radius 1 is 1.50 bits per heavy atom. The summed E-state index contributed by atoms with van der Waals surface area (Å²) in [5, 5.41) is 26.0. The molecule has 0 amide bonds. The van der Waals surface area contributed by atoms with Crippen molar-refractivity contribution in [3.8, 4) is 0 Å². The lowest BCUT2D eigenvalue weighted by Crippen LogP contribution is -2.22.